The lowest BCUT2D eigenvalue weighted by molar-refractivity contribution is -0.148. The van der Waals surface area contributed by atoms with Gasteiger partial charge in [0.25, 0.3) is 5.89 Å². The zero-order chi connectivity index (χ0) is 17.7. The molecule has 0 aromatic carbocycles. The Hall–Kier alpha value is -2.27. The van der Waals surface area contributed by atoms with Gasteiger partial charge in [-0.1, -0.05) is 12.1 Å². The molecular formula is C13H19N5O5S. The average Bonchev–Trinajstić information content (AvgIpc) is 3.15. The Morgan fingerprint density at radius 2 is 2.25 bits per heavy atom. The summed E-state index contributed by atoms with van der Waals surface area (Å²) in [6, 6.07) is 0. The quantitative estimate of drug-likeness (QED) is 0.669. The fourth-order valence-corrected chi connectivity index (χ4v) is 2.77. The first-order chi connectivity index (χ1) is 11.3. The minimum atomic E-state index is -3.82. The van der Waals surface area contributed by atoms with Gasteiger partial charge in [0, 0.05) is 19.7 Å². The van der Waals surface area contributed by atoms with Crippen molar-refractivity contribution in [1.82, 2.24) is 24.6 Å². The molecule has 24 heavy (non-hydrogen) atoms. The predicted molar refractivity (Wildman–Crippen MR) is 81.2 cm³/mol. The summed E-state index contributed by atoms with van der Waals surface area (Å²) in [6.07, 6.45) is 3.27. The van der Waals surface area contributed by atoms with Crippen LogP contribution in [0.3, 0.4) is 0 Å². The van der Waals surface area contributed by atoms with E-state index >= 15 is 0 Å². The van der Waals surface area contributed by atoms with Crippen molar-refractivity contribution in [1.29, 1.82) is 0 Å². The molecule has 0 radical (unpaired) electrons. The summed E-state index contributed by atoms with van der Waals surface area (Å²) in [5.41, 5.74) is 0. The fraction of sp³-hybridized carbons (Fsp3) is 0.538. The molecule has 132 valence electrons. The van der Waals surface area contributed by atoms with Crippen LogP contribution in [0.15, 0.2) is 21.8 Å². The minimum Gasteiger partial charge on any atom is -0.452 e. The molecule has 1 unspecified atom stereocenters. The Labute approximate surface area is 139 Å². The van der Waals surface area contributed by atoms with E-state index in [1.54, 1.807) is 14.0 Å². The summed E-state index contributed by atoms with van der Waals surface area (Å²) in [6.45, 7) is 3.03. The number of aromatic nitrogens is 4. The Kier molecular flexibility index (Phi) is 5.67. The first kappa shape index (κ1) is 18.1. The summed E-state index contributed by atoms with van der Waals surface area (Å²) >= 11 is 0. The Balaban J connectivity index is 1.88. The van der Waals surface area contributed by atoms with Crippen LogP contribution in [0.4, 0.5) is 0 Å². The van der Waals surface area contributed by atoms with E-state index in [9.17, 15) is 13.2 Å². The number of hydrogen-bond donors (Lipinski definition) is 1. The van der Waals surface area contributed by atoms with E-state index in [0.717, 1.165) is 6.42 Å². The number of carbonyl (C=O) groups is 1. The van der Waals surface area contributed by atoms with Crippen LogP contribution in [0.25, 0.3) is 0 Å². The average molecular weight is 357 g/mol. The van der Waals surface area contributed by atoms with E-state index in [1.165, 1.54) is 17.1 Å². The van der Waals surface area contributed by atoms with Gasteiger partial charge in [-0.25, -0.2) is 8.42 Å². The summed E-state index contributed by atoms with van der Waals surface area (Å²) in [5, 5.41) is 7.53. The lowest BCUT2D eigenvalue weighted by atomic mass is 10.3. The molecule has 0 spiro atoms. The van der Waals surface area contributed by atoms with Crippen molar-refractivity contribution >= 4 is 16.0 Å². The van der Waals surface area contributed by atoms with Crippen molar-refractivity contribution in [3.05, 3.63) is 24.1 Å². The van der Waals surface area contributed by atoms with Crippen molar-refractivity contribution in [2.45, 2.75) is 37.7 Å². The van der Waals surface area contributed by atoms with Crippen LogP contribution < -0.4 is 4.72 Å². The Morgan fingerprint density at radius 3 is 2.88 bits per heavy atom. The maximum Gasteiger partial charge on any atom is 0.321 e. The molecule has 2 aromatic rings. The third-order valence-electron chi connectivity index (χ3n) is 3.01. The number of rotatable bonds is 8. The molecule has 0 fully saturated rings. The number of nitrogens with zero attached hydrogens (tertiary/aromatic N) is 4. The molecule has 10 nitrogen and oxygen atoms in total. The highest BCUT2D eigenvalue weighted by atomic mass is 32.2. The molecule has 0 bridgehead atoms. The number of aryl methyl sites for hydroxylation is 2. The first-order valence-electron chi connectivity index (χ1n) is 7.32. The van der Waals surface area contributed by atoms with Crippen LogP contribution in [0.5, 0.6) is 0 Å². The van der Waals surface area contributed by atoms with E-state index in [-0.39, 0.29) is 10.8 Å². The highest BCUT2D eigenvalue weighted by Gasteiger charge is 2.21. The lowest BCUT2D eigenvalue weighted by Crippen LogP contribution is -2.31. The molecule has 0 aliphatic rings. The molecule has 0 aliphatic heterocycles. The largest absolute Gasteiger partial charge is 0.452 e. The van der Waals surface area contributed by atoms with Gasteiger partial charge >= 0.3 is 5.97 Å². The minimum absolute atomic E-state index is 0.0352. The van der Waals surface area contributed by atoms with Gasteiger partial charge in [0.15, 0.2) is 11.9 Å². The second kappa shape index (κ2) is 7.53. The first-order valence-corrected chi connectivity index (χ1v) is 8.80. The van der Waals surface area contributed by atoms with Crippen LogP contribution in [0.1, 0.15) is 38.1 Å². The summed E-state index contributed by atoms with van der Waals surface area (Å²) < 4.78 is 37.5. The van der Waals surface area contributed by atoms with Crippen molar-refractivity contribution in [3.63, 3.8) is 0 Å². The molecule has 2 aromatic heterocycles. The SMILES string of the molecule is CCCc1noc(C(C)OC(=O)CNS(=O)(=O)c2cnn(C)c2)n1. The monoisotopic (exact) mass is 357 g/mol. The molecule has 11 heteroatoms. The molecule has 0 saturated heterocycles. The van der Waals surface area contributed by atoms with Gasteiger partial charge in [-0.3, -0.25) is 9.48 Å². The van der Waals surface area contributed by atoms with Crippen molar-refractivity contribution < 1.29 is 22.5 Å². The standard InChI is InChI=1S/C13H19N5O5S/c1-4-5-11-16-13(23-17-11)9(2)22-12(19)7-15-24(20,21)10-6-14-18(3)8-10/h6,8-9,15H,4-5,7H2,1-3H3. The maximum absolute atomic E-state index is 12.0. The van der Waals surface area contributed by atoms with Gasteiger partial charge < -0.3 is 9.26 Å². The maximum atomic E-state index is 12.0. The van der Waals surface area contributed by atoms with Gasteiger partial charge in [0.1, 0.15) is 11.4 Å². The number of ether oxygens (including phenoxy) is 1. The highest BCUT2D eigenvalue weighted by molar-refractivity contribution is 7.89. The van der Waals surface area contributed by atoms with E-state index < -0.39 is 28.6 Å². The molecule has 0 aliphatic carbocycles. The predicted octanol–water partition coefficient (Wildman–Crippen LogP) is 0.338. The van der Waals surface area contributed by atoms with Gasteiger partial charge in [-0.15, -0.1) is 0 Å². The highest BCUT2D eigenvalue weighted by Crippen LogP contribution is 2.15. The summed E-state index contributed by atoms with van der Waals surface area (Å²) in [4.78, 5) is 15.9. The number of carbonyl (C=O) groups excluding carboxylic acids is 1. The summed E-state index contributed by atoms with van der Waals surface area (Å²) in [5.74, 6) is -0.0557. The Morgan fingerprint density at radius 1 is 1.50 bits per heavy atom. The third-order valence-corrected chi connectivity index (χ3v) is 4.37. The van der Waals surface area contributed by atoms with E-state index in [2.05, 4.69) is 20.0 Å². The zero-order valence-corrected chi connectivity index (χ0v) is 14.4. The normalized spacial score (nSPS) is 13.0. The topological polar surface area (TPSA) is 129 Å². The van der Waals surface area contributed by atoms with E-state index in [4.69, 9.17) is 9.26 Å². The van der Waals surface area contributed by atoms with Crippen molar-refractivity contribution in [2.75, 3.05) is 6.54 Å². The van der Waals surface area contributed by atoms with Crippen LogP contribution in [0, 0.1) is 0 Å². The fourth-order valence-electron chi connectivity index (χ4n) is 1.82. The van der Waals surface area contributed by atoms with Crippen LogP contribution in [-0.4, -0.2) is 40.9 Å². The molecule has 1 atom stereocenters. The number of sulfonamides is 1. The second-order valence-corrected chi connectivity index (χ2v) is 6.87. The van der Waals surface area contributed by atoms with Crippen LogP contribution >= 0.6 is 0 Å². The number of nitrogens with one attached hydrogen (secondary N) is 1. The van der Waals surface area contributed by atoms with Gasteiger partial charge in [-0.2, -0.15) is 14.8 Å². The number of hydrogen-bond acceptors (Lipinski definition) is 8. The third kappa shape index (κ3) is 4.61. The van der Waals surface area contributed by atoms with Gasteiger partial charge in [0.2, 0.25) is 10.0 Å². The molecule has 2 heterocycles. The second-order valence-electron chi connectivity index (χ2n) is 5.11. The lowest BCUT2D eigenvalue weighted by Gasteiger charge is -2.09. The summed E-state index contributed by atoms with van der Waals surface area (Å²) in [7, 11) is -2.23. The van der Waals surface area contributed by atoms with Crippen molar-refractivity contribution in [3.8, 4) is 0 Å². The van der Waals surface area contributed by atoms with Crippen molar-refractivity contribution in [2.24, 2.45) is 7.05 Å². The molecule has 0 amide bonds. The smallest absolute Gasteiger partial charge is 0.321 e. The van der Waals surface area contributed by atoms with Gasteiger partial charge in [0.05, 0.1) is 6.20 Å². The molecule has 1 N–H and O–H groups in total. The Bertz CT molecular complexity index is 797. The molecular weight excluding hydrogens is 338 g/mol. The van der Waals surface area contributed by atoms with Crippen LogP contribution in [0.2, 0.25) is 0 Å². The van der Waals surface area contributed by atoms with Crippen LogP contribution in [-0.2, 0) is 33.0 Å². The molecule has 2 rings (SSSR count). The van der Waals surface area contributed by atoms with E-state index in [1.807, 2.05) is 6.92 Å². The van der Waals surface area contributed by atoms with E-state index in [0.29, 0.717) is 12.2 Å². The van der Waals surface area contributed by atoms with Gasteiger partial charge in [-0.05, 0) is 13.3 Å². The number of esters is 1. The molecule has 0 saturated carbocycles. The zero-order valence-electron chi connectivity index (χ0n) is 13.6.